The standard InChI is InChI=1S/C27H31NO5S/c1-6-15(2)33-27(30)24-16(3)28-19-12-18(17-9-10-21(31-4)22(14-17)32-5)13-20(29)25(19)26(24)23-8-7-11-34-23/h7-11,14-15,18,26,28H,6,12-13H2,1-5H3/t15-,18+,26+/m0/s1. The number of allylic oxidation sites excluding steroid dienone is 3. The van der Waals surface area contributed by atoms with Gasteiger partial charge in [-0.1, -0.05) is 19.1 Å². The summed E-state index contributed by atoms with van der Waals surface area (Å²) in [5.41, 5.74) is 3.86. The van der Waals surface area contributed by atoms with Crippen molar-refractivity contribution in [2.75, 3.05) is 14.2 Å². The zero-order valence-electron chi connectivity index (χ0n) is 20.3. The predicted molar refractivity (Wildman–Crippen MR) is 132 cm³/mol. The highest BCUT2D eigenvalue weighted by Gasteiger charge is 2.42. The minimum Gasteiger partial charge on any atom is -0.493 e. The molecule has 180 valence electrons. The molecule has 0 unspecified atom stereocenters. The molecule has 2 aliphatic rings. The molecule has 0 amide bonds. The van der Waals surface area contributed by atoms with Gasteiger partial charge in [-0.2, -0.15) is 0 Å². The third-order valence-corrected chi connectivity index (χ3v) is 7.57. The molecule has 1 aromatic heterocycles. The molecule has 1 aliphatic heterocycles. The molecule has 2 aromatic rings. The Hall–Kier alpha value is -3.06. The van der Waals surface area contributed by atoms with E-state index < -0.39 is 5.92 Å². The van der Waals surface area contributed by atoms with E-state index in [1.807, 2.05) is 56.5 Å². The lowest BCUT2D eigenvalue weighted by molar-refractivity contribution is -0.143. The van der Waals surface area contributed by atoms with Crippen LogP contribution < -0.4 is 14.8 Å². The number of esters is 1. The smallest absolute Gasteiger partial charge is 0.337 e. The van der Waals surface area contributed by atoms with Gasteiger partial charge in [-0.15, -0.1) is 11.3 Å². The summed E-state index contributed by atoms with van der Waals surface area (Å²) in [5.74, 6) is 0.583. The van der Waals surface area contributed by atoms with Crippen LogP contribution in [0.15, 0.2) is 58.3 Å². The fraction of sp³-hybridized carbons (Fsp3) is 0.407. The Morgan fingerprint density at radius 3 is 2.59 bits per heavy atom. The average Bonchev–Trinajstić information content (AvgIpc) is 3.37. The van der Waals surface area contributed by atoms with Crippen molar-refractivity contribution < 1.29 is 23.8 Å². The summed E-state index contributed by atoms with van der Waals surface area (Å²) in [6.07, 6.45) is 1.58. The van der Waals surface area contributed by atoms with Crippen LogP contribution in [0.1, 0.15) is 62.3 Å². The number of Topliss-reactive ketones (excluding diaryl/α,β-unsaturated/α-hetero) is 1. The number of benzene rings is 1. The fourth-order valence-electron chi connectivity index (χ4n) is 4.72. The van der Waals surface area contributed by atoms with Crippen molar-refractivity contribution in [1.29, 1.82) is 0 Å². The van der Waals surface area contributed by atoms with Crippen LogP contribution in [0.4, 0.5) is 0 Å². The summed E-state index contributed by atoms with van der Waals surface area (Å²) < 4.78 is 16.5. The van der Waals surface area contributed by atoms with E-state index >= 15 is 0 Å². The predicted octanol–water partition coefficient (Wildman–Crippen LogP) is 5.47. The number of rotatable bonds is 7. The summed E-state index contributed by atoms with van der Waals surface area (Å²) in [7, 11) is 3.21. The molecular formula is C27H31NO5S. The van der Waals surface area contributed by atoms with Crippen LogP contribution in [-0.2, 0) is 14.3 Å². The lowest BCUT2D eigenvalue weighted by Crippen LogP contribution is -2.36. The van der Waals surface area contributed by atoms with Crippen molar-refractivity contribution in [3.63, 3.8) is 0 Å². The second-order valence-electron chi connectivity index (χ2n) is 8.77. The molecule has 6 nitrogen and oxygen atoms in total. The molecular weight excluding hydrogens is 450 g/mol. The van der Waals surface area contributed by atoms with Crippen LogP contribution in [0.5, 0.6) is 11.5 Å². The van der Waals surface area contributed by atoms with E-state index in [1.54, 1.807) is 25.6 Å². The number of ether oxygens (including phenoxy) is 3. The number of hydrogen-bond acceptors (Lipinski definition) is 7. The Morgan fingerprint density at radius 1 is 1.18 bits per heavy atom. The number of thiophene rings is 1. The average molecular weight is 482 g/mol. The first-order valence-electron chi connectivity index (χ1n) is 11.6. The molecule has 1 N–H and O–H groups in total. The van der Waals surface area contributed by atoms with Crippen molar-refractivity contribution in [2.45, 2.75) is 58.0 Å². The Bertz CT molecular complexity index is 1150. The van der Waals surface area contributed by atoms with Gasteiger partial charge in [0, 0.05) is 28.3 Å². The van der Waals surface area contributed by atoms with E-state index in [0.29, 0.717) is 35.5 Å². The highest BCUT2D eigenvalue weighted by atomic mass is 32.1. The minimum absolute atomic E-state index is 0.00366. The molecule has 2 heterocycles. The molecule has 7 heteroatoms. The molecule has 1 aromatic carbocycles. The SMILES string of the molecule is CC[C@H](C)OC(=O)C1=C(C)NC2=C(C(=O)C[C@H](c3ccc(OC)c(OC)c3)C2)[C@@H]1c1cccs1. The molecule has 0 saturated heterocycles. The molecule has 0 spiro atoms. The fourth-order valence-corrected chi connectivity index (χ4v) is 5.56. The van der Waals surface area contributed by atoms with Crippen molar-refractivity contribution in [3.05, 3.63) is 68.7 Å². The third kappa shape index (κ3) is 4.49. The normalized spacial score (nSPS) is 21.0. The minimum atomic E-state index is -0.411. The van der Waals surface area contributed by atoms with E-state index in [4.69, 9.17) is 14.2 Å². The maximum absolute atomic E-state index is 13.6. The summed E-state index contributed by atoms with van der Waals surface area (Å²) in [6.45, 7) is 5.76. The van der Waals surface area contributed by atoms with Gasteiger partial charge in [-0.3, -0.25) is 4.79 Å². The van der Waals surface area contributed by atoms with Crippen molar-refractivity contribution in [2.24, 2.45) is 0 Å². The van der Waals surface area contributed by atoms with Gasteiger partial charge < -0.3 is 19.5 Å². The molecule has 0 radical (unpaired) electrons. The van der Waals surface area contributed by atoms with Gasteiger partial charge in [0.15, 0.2) is 17.3 Å². The lowest BCUT2D eigenvalue weighted by atomic mass is 9.73. The molecule has 34 heavy (non-hydrogen) atoms. The number of carbonyl (C=O) groups excluding carboxylic acids is 2. The number of dihydropyridines is 1. The van der Waals surface area contributed by atoms with E-state index in [2.05, 4.69) is 5.32 Å². The zero-order valence-corrected chi connectivity index (χ0v) is 21.1. The van der Waals surface area contributed by atoms with Crippen molar-refractivity contribution in [3.8, 4) is 11.5 Å². The Morgan fingerprint density at radius 2 is 1.94 bits per heavy atom. The Balaban J connectivity index is 1.72. The van der Waals surface area contributed by atoms with Crippen LogP contribution >= 0.6 is 11.3 Å². The molecule has 3 atom stereocenters. The van der Waals surface area contributed by atoms with E-state index in [9.17, 15) is 9.59 Å². The van der Waals surface area contributed by atoms with E-state index in [0.717, 1.165) is 28.3 Å². The monoisotopic (exact) mass is 481 g/mol. The first-order chi connectivity index (χ1) is 16.4. The second kappa shape index (κ2) is 10.1. The van der Waals surface area contributed by atoms with Gasteiger partial charge >= 0.3 is 5.97 Å². The molecule has 0 saturated carbocycles. The highest BCUT2D eigenvalue weighted by molar-refractivity contribution is 7.10. The number of nitrogens with one attached hydrogen (secondary N) is 1. The van der Waals surface area contributed by atoms with Gasteiger partial charge in [0.2, 0.25) is 0 Å². The summed E-state index contributed by atoms with van der Waals surface area (Å²) in [4.78, 5) is 27.8. The van der Waals surface area contributed by atoms with Crippen LogP contribution in [0.25, 0.3) is 0 Å². The largest absolute Gasteiger partial charge is 0.493 e. The van der Waals surface area contributed by atoms with E-state index in [-0.39, 0.29) is 23.8 Å². The van der Waals surface area contributed by atoms with Gasteiger partial charge in [0.1, 0.15) is 0 Å². The summed E-state index contributed by atoms with van der Waals surface area (Å²) >= 11 is 1.55. The quantitative estimate of drug-likeness (QED) is 0.529. The molecule has 0 bridgehead atoms. The third-order valence-electron chi connectivity index (χ3n) is 6.64. The Kier molecular flexibility index (Phi) is 7.12. The second-order valence-corrected chi connectivity index (χ2v) is 9.75. The maximum atomic E-state index is 13.6. The zero-order chi connectivity index (χ0) is 24.4. The van der Waals surface area contributed by atoms with Crippen molar-refractivity contribution in [1.82, 2.24) is 5.32 Å². The van der Waals surface area contributed by atoms with E-state index in [1.165, 1.54) is 0 Å². The van der Waals surface area contributed by atoms with Crippen LogP contribution in [0.3, 0.4) is 0 Å². The first kappa shape index (κ1) is 24.1. The van der Waals surface area contributed by atoms with Gasteiger partial charge in [-0.05, 0) is 61.7 Å². The van der Waals surface area contributed by atoms with Crippen LogP contribution in [-0.4, -0.2) is 32.1 Å². The van der Waals surface area contributed by atoms with Gasteiger partial charge in [-0.25, -0.2) is 4.79 Å². The number of ketones is 1. The lowest BCUT2D eigenvalue weighted by Gasteiger charge is -2.36. The molecule has 1 aliphatic carbocycles. The first-order valence-corrected chi connectivity index (χ1v) is 12.5. The van der Waals surface area contributed by atoms with Crippen molar-refractivity contribution >= 4 is 23.1 Å². The summed E-state index contributed by atoms with van der Waals surface area (Å²) in [6, 6.07) is 9.75. The maximum Gasteiger partial charge on any atom is 0.337 e. The number of hydrogen-bond donors (Lipinski definition) is 1. The molecule has 4 rings (SSSR count). The van der Waals surface area contributed by atoms with Gasteiger partial charge in [0.25, 0.3) is 0 Å². The number of carbonyl (C=O) groups is 2. The Labute approximate surface area is 204 Å². The highest BCUT2D eigenvalue weighted by Crippen LogP contribution is 2.47. The summed E-state index contributed by atoms with van der Waals surface area (Å²) in [5, 5.41) is 5.38. The van der Waals surface area contributed by atoms with Crippen LogP contribution in [0, 0.1) is 0 Å². The topological polar surface area (TPSA) is 73.9 Å². The van der Waals surface area contributed by atoms with Gasteiger partial charge in [0.05, 0.1) is 31.8 Å². The number of methoxy groups -OCH3 is 2. The molecule has 0 fully saturated rings. The van der Waals surface area contributed by atoms with Crippen LogP contribution in [0.2, 0.25) is 0 Å².